The Hall–Kier alpha value is -3.01. The van der Waals surface area contributed by atoms with E-state index in [1.54, 1.807) is 12.1 Å². The molecule has 0 bridgehead atoms. The Morgan fingerprint density at radius 3 is 2.64 bits per heavy atom. The van der Waals surface area contributed by atoms with Gasteiger partial charge < -0.3 is 9.80 Å². The minimum Gasteiger partial charge on any atom is -0.368 e. The van der Waals surface area contributed by atoms with Crippen LogP contribution in [0.3, 0.4) is 0 Å². The van der Waals surface area contributed by atoms with E-state index in [0.29, 0.717) is 32.3 Å². The van der Waals surface area contributed by atoms with Crippen LogP contribution in [-0.2, 0) is 4.79 Å². The Labute approximate surface area is 200 Å². The summed E-state index contributed by atoms with van der Waals surface area (Å²) in [7, 11) is 0. The number of piperazine rings is 1. The number of likely N-dealkylation sites (N-methyl/N-ethyl adjacent to an activating group) is 1. The lowest BCUT2D eigenvalue weighted by Crippen LogP contribution is -2.46. The van der Waals surface area contributed by atoms with Gasteiger partial charge in [0.15, 0.2) is 0 Å². The highest BCUT2D eigenvalue weighted by molar-refractivity contribution is 8.18. The van der Waals surface area contributed by atoms with Crippen LogP contribution in [0.2, 0.25) is 5.02 Å². The molecule has 168 valence electrons. The van der Waals surface area contributed by atoms with Gasteiger partial charge in [-0.15, -0.1) is 0 Å². The van der Waals surface area contributed by atoms with Crippen LogP contribution < -0.4 is 10.2 Å². The number of thioether (sulfide) groups is 1. The Morgan fingerprint density at radius 1 is 1.12 bits per heavy atom. The second kappa shape index (κ2) is 9.09. The number of hydrogen-bond acceptors (Lipinski definition) is 8. The number of anilines is 1. The van der Waals surface area contributed by atoms with Crippen LogP contribution in [0, 0.1) is 0 Å². The molecule has 10 heteroatoms. The van der Waals surface area contributed by atoms with Crippen molar-refractivity contribution in [1.29, 1.82) is 0 Å². The Morgan fingerprint density at radius 2 is 1.94 bits per heavy atom. The predicted molar refractivity (Wildman–Crippen MR) is 131 cm³/mol. The summed E-state index contributed by atoms with van der Waals surface area (Å²) in [4.78, 5) is 41.8. The smallest absolute Gasteiger partial charge is 0.290 e. The lowest BCUT2D eigenvalue weighted by molar-refractivity contribution is -0.115. The van der Waals surface area contributed by atoms with Crippen molar-refractivity contribution >= 4 is 57.3 Å². The number of benzene rings is 1. The molecule has 0 radical (unpaired) electrons. The fourth-order valence-electron chi connectivity index (χ4n) is 4.02. The molecule has 33 heavy (non-hydrogen) atoms. The largest absolute Gasteiger partial charge is 0.368 e. The maximum atomic E-state index is 11.9. The summed E-state index contributed by atoms with van der Waals surface area (Å²) >= 11 is 7.56. The number of carbonyl (C=O) groups excluding carboxylic acids is 2. The van der Waals surface area contributed by atoms with Gasteiger partial charge >= 0.3 is 0 Å². The topological polar surface area (TPSA) is 91.3 Å². The molecule has 2 aromatic heterocycles. The monoisotopic (exact) mass is 480 g/mol. The van der Waals surface area contributed by atoms with Crippen LogP contribution in [-0.4, -0.2) is 63.7 Å². The summed E-state index contributed by atoms with van der Waals surface area (Å²) in [5.74, 6) is -0.418. The van der Waals surface area contributed by atoms with E-state index in [2.05, 4.69) is 37.0 Å². The summed E-state index contributed by atoms with van der Waals surface area (Å²) in [6.45, 7) is 7.17. The van der Waals surface area contributed by atoms with Gasteiger partial charge in [-0.3, -0.25) is 14.9 Å². The molecule has 2 saturated heterocycles. The van der Waals surface area contributed by atoms with Crippen molar-refractivity contribution in [3.63, 3.8) is 0 Å². The van der Waals surface area contributed by atoms with Gasteiger partial charge in [-0.1, -0.05) is 24.6 Å². The standard InChI is InChI=1S/C23H21ClN6O2S/c1-2-29-7-9-30(10-8-29)18-6-3-14(11-16(18)24)20-21-17(25-13-26-20)5-4-15(27-21)12-19-22(31)28-23(32)33-19/h3-6,11-13H,2,7-10H2,1H3,(H,28,31,32). The zero-order valence-corrected chi connectivity index (χ0v) is 19.5. The van der Waals surface area contributed by atoms with Crippen LogP contribution >= 0.6 is 23.4 Å². The lowest BCUT2D eigenvalue weighted by Gasteiger charge is -2.36. The fourth-order valence-corrected chi connectivity index (χ4v) is 4.98. The van der Waals surface area contributed by atoms with Crippen LogP contribution in [0.1, 0.15) is 12.6 Å². The second-order valence-corrected chi connectivity index (χ2v) is 9.19. The van der Waals surface area contributed by atoms with E-state index in [1.165, 1.54) is 6.33 Å². The number of fused-ring (bicyclic) bond motifs is 1. The number of pyridine rings is 1. The van der Waals surface area contributed by atoms with Crippen molar-refractivity contribution in [1.82, 2.24) is 25.2 Å². The van der Waals surface area contributed by atoms with E-state index in [1.807, 2.05) is 24.3 Å². The Bertz CT molecular complexity index is 1290. The molecule has 5 rings (SSSR count). The van der Waals surface area contributed by atoms with E-state index in [-0.39, 0.29) is 5.24 Å². The van der Waals surface area contributed by atoms with E-state index in [4.69, 9.17) is 11.6 Å². The van der Waals surface area contributed by atoms with Gasteiger partial charge in [0.1, 0.15) is 11.8 Å². The van der Waals surface area contributed by atoms with Crippen molar-refractivity contribution < 1.29 is 9.59 Å². The minimum atomic E-state index is -0.418. The van der Waals surface area contributed by atoms with Crippen molar-refractivity contribution in [3.8, 4) is 11.3 Å². The number of amides is 2. The zero-order valence-electron chi connectivity index (χ0n) is 17.9. The average molecular weight is 481 g/mol. The number of nitrogens with zero attached hydrogens (tertiary/aromatic N) is 5. The molecule has 0 aliphatic carbocycles. The SMILES string of the molecule is CCN1CCN(c2ccc(-c3ncnc4ccc(C=C5SC(=O)NC5=O)nc34)cc2Cl)CC1. The van der Waals surface area contributed by atoms with E-state index in [9.17, 15) is 9.59 Å². The second-order valence-electron chi connectivity index (χ2n) is 7.77. The van der Waals surface area contributed by atoms with Gasteiger partial charge in [-0.2, -0.15) is 0 Å². The number of hydrogen-bond donors (Lipinski definition) is 1. The van der Waals surface area contributed by atoms with Gasteiger partial charge in [-0.25, -0.2) is 15.0 Å². The molecule has 2 fully saturated rings. The molecule has 8 nitrogen and oxygen atoms in total. The van der Waals surface area contributed by atoms with Crippen molar-refractivity contribution in [2.45, 2.75) is 6.92 Å². The molecule has 1 N–H and O–H groups in total. The molecule has 4 heterocycles. The fraction of sp³-hybridized carbons (Fsp3) is 0.261. The van der Waals surface area contributed by atoms with Crippen molar-refractivity contribution in [2.75, 3.05) is 37.6 Å². The van der Waals surface area contributed by atoms with Gasteiger partial charge in [0.2, 0.25) is 0 Å². The highest BCUT2D eigenvalue weighted by Gasteiger charge is 2.25. The molecule has 0 unspecified atom stereocenters. The summed E-state index contributed by atoms with van der Waals surface area (Å²) < 4.78 is 0. The molecule has 2 amide bonds. The minimum absolute atomic E-state index is 0.306. The van der Waals surface area contributed by atoms with Crippen LogP contribution in [0.5, 0.6) is 0 Å². The van der Waals surface area contributed by atoms with Crippen LogP contribution in [0.25, 0.3) is 28.4 Å². The Kier molecular flexibility index (Phi) is 6.01. The maximum Gasteiger partial charge on any atom is 0.290 e. The number of aromatic nitrogens is 3. The van der Waals surface area contributed by atoms with Gasteiger partial charge in [0, 0.05) is 31.7 Å². The molecule has 0 spiro atoms. The first-order chi connectivity index (χ1) is 16.0. The van der Waals surface area contributed by atoms with Gasteiger partial charge in [0.05, 0.1) is 32.5 Å². The lowest BCUT2D eigenvalue weighted by atomic mass is 10.1. The van der Waals surface area contributed by atoms with Crippen LogP contribution in [0.4, 0.5) is 10.5 Å². The predicted octanol–water partition coefficient (Wildman–Crippen LogP) is 3.81. The molecule has 2 aliphatic heterocycles. The quantitative estimate of drug-likeness (QED) is 0.564. The molecule has 0 saturated carbocycles. The number of rotatable bonds is 4. The number of nitrogens with one attached hydrogen (secondary N) is 1. The Balaban J connectivity index is 1.48. The highest BCUT2D eigenvalue weighted by atomic mass is 35.5. The van der Waals surface area contributed by atoms with Crippen LogP contribution in [0.15, 0.2) is 41.6 Å². The number of halogens is 1. The van der Waals surface area contributed by atoms with Crippen molar-refractivity contribution in [2.24, 2.45) is 0 Å². The third kappa shape index (κ3) is 4.44. The summed E-state index contributed by atoms with van der Waals surface area (Å²) in [6.07, 6.45) is 3.09. The summed E-state index contributed by atoms with van der Waals surface area (Å²) in [5, 5.41) is 2.53. The molecular weight excluding hydrogens is 460 g/mol. The van der Waals surface area contributed by atoms with Crippen molar-refractivity contribution in [3.05, 3.63) is 52.3 Å². The molecular formula is C23H21ClN6O2S. The highest BCUT2D eigenvalue weighted by Crippen LogP contribution is 2.33. The molecule has 3 aromatic rings. The first kappa shape index (κ1) is 21.8. The van der Waals surface area contributed by atoms with E-state index >= 15 is 0 Å². The third-order valence-electron chi connectivity index (χ3n) is 5.81. The van der Waals surface area contributed by atoms with E-state index in [0.717, 1.165) is 55.7 Å². The molecule has 1 aromatic carbocycles. The number of imide groups is 1. The van der Waals surface area contributed by atoms with Gasteiger partial charge in [0.25, 0.3) is 11.1 Å². The third-order valence-corrected chi connectivity index (χ3v) is 6.92. The maximum absolute atomic E-state index is 11.9. The first-order valence-corrected chi connectivity index (χ1v) is 11.8. The molecule has 2 aliphatic rings. The first-order valence-electron chi connectivity index (χ1n) is 10.7. The number of carbonyl (C=O) groups is 2. The summed E-state index contributed by atoms with van der Waals surface area (Å²) in [5.41, 5.74) is 4.33. The van der Waals surface area contributed by atoms with Gasteiger partial charge in [-0.05, 0) is 48.6 Å². The molecule has 0 atom stereocenters. The zero-order chi connectivity index (χ0) is 22.9. The summed E-state index contributed by atoms with van der Waals surface area (Å²) in [6, 6.07) is 9.53. The average Bonchev–Trinajstić information content (AvgIpc) is 3.15. The van der Waals surface area contributed by atoms with E-state index < -0.39 is 5.91 Å². The normalized spacial score (nSPS) is 18.4.